The maximum absolute atomic E-state index is 12.5. The van der Waals surface area contributed by atoms with E-state index in [4.69, 9.17) is 4.18 Å². The lowest BCUT2D eigenvalue weighted by molar-refractivity contribution is -0.114. The molecule has 0 bridgehead atoms. The maximum Gasteiger partial charge on any atom is 0.339 e. The smallest absolute Gasteiger partial charge is 0.339 e. The van der Waals surface area contributed by atoms with Crippen LogP contribution < -0.4 is 14.3 Å². The van der Waals surface area contributed by atoms with Crippen LogP contribution in [0, 0.1) is 6.92 Å². The van der Waals surface area contributed by atoms with E-state index in [1.807, 2.05) is 6.92 Å². The van der Waals surface area contributed by atoms with E-state index in [1.165, 1.54) is 61.7 Å². The molecule has 0 aromatic heterocycles. The number of nitrogens with zero attached hydrogens (tertiary/aromatic N) is 1. The Morgan fingerprint density at radius 2 is 1.55 bits per heavy atom. The average molecular weight is 488 g/mol. The number of aryl methyl sites for hydroxylation is 1. The van der Waals surface area contributed by atoms with E-state index in [0.29, 0.717) is 11.3 Å². The molecule has 0 saturated carbocycles. The second-order valence-electron chi connectivity index (χ2n) is 6.98. The van der Waals surface area contributed by atoms with Crippen molar-refractivity contribution in [3.05, 3.63) is 83.9 Å². The number of hydrazone groups is 1. The Bertz CT molecular complexity index is 1380. The number of hydrogen-bond acceptors (Lipinski definition) is 7. The molecule has 172 valence electrons. The Morgan fingerprint density at radius 3 is 2.18 bits per heavy atom. The van der Waals surface area contributed by atoms with Crippen molar-refractivity contribution >= 4 is 38.0 Å². The molecule has 11 heteroatoms. The Morgan fingerprint density at radius 1 is 0.909 bits per heavy atom. The molecule has 1 amide bonds. The normalized spacial score (nSPS) is 11.8. The molecule has 2 N–H and O–H groups in total. The van der Waals surface area contributed by atoms with Crippen LogP contribution in [0.2, 0.25) is 0 Å². The number of anilines is 1. The summed E-state index contributed by atoms with van der Waals surface area (Å²) in [5.41, 5.74) is 1.79. The third-order valence-electron chi connectivity index (χ3n) is 4.25. The highest BCUT2D eigenvalue weighted by Crippen LogP contribution is 2.21. The van der Waals surface area contributed by atoms with Crippen LogP contribution in [0.15, 0.2) is 87.7 Å². The van der Waals surface area contributed by atoms with Gasteiger partial charge in [0.2, 0.25) is 5.91 Å². The van der Waals surface area contributed by atoms with E-state index in [0.717, 1.165) is 5.56 Å². The van der Waals surface area contributed by atoms with E-state index in [2.05, 4.69) is 15.2 Å². The summed E-state index contributed by atoms with van der Waals surface area (Å²) in [6, 6.07) is 17.8. The molecule has 0 aliphatic carbocycles. The fourth-order valence-electron chi connectivity index (χ4n) is 2.67. The highest BCUT2D eigenvalue weighted by molar-refractivity contribution is 7.89. The fraction of sp³-hybridized carbons (Fsp3) is 0.0909. The van der Waals surface area contributed by atoms with Crippen molar-refractivity contribution in [2.24, 2.45) is 5.10 Å². The van der Waals surface area contributed by atoms with Gasteiger partial charge in [-0.15, -0.1) is 0 Å². The van der Waals surface area contributed by atoms with E-state index in [9.17, 15) is 21.6 Å². The zero-order valence-electron chi connectivity index (χ0n) is 17.7. The lowest BCUT2D eigenvalue weighted by Gasteiger charge is -2.08. The van der Waals surface area contributed by atoms with Crippen LogP contribution >= 0.6 is 0 Å². The number of nitrogens with one attached hydrogen (secondary N) is 2. The van der Waals surface area contributed by atoms with Gasteiger partial charge < -0.3 is 9.50 Å². The molecule has 0 unspecified atom stereocenters. The molecule has 0 aliphatic heterocycles. The van der Waals surface area contributed by atoms with Gasteiger partial charge in [-0.25, -0.2) is 4.83 Å². The predicted octanol–water partition coefficient (Wildman–Crippen LogP) is 3.03. The van der Waals surface area contributed by atoms with Crippen LogP contribution in [-0.2, 0) is 24.9 Å². The molecule has 3 aromatic carbocycles. The molecule has 0 atom stereocenters. The Labute approximate surface area is 192 Å². The largest absolute Gasteiger partial charge is 0.379 e. The molecule has 0 saturated heterocycles. The standard InChI is InChI=1S/C22H21N3O6S2/c1-16-6-10-21(11-7-16)32(27,28)25-23-15-18-4-3-5-20(14-18)31-33(29,30)22-12-8-19(9-13-22)24-17(2)26/h3-15,25H,1-2H3,(H,24,26)/b23-15+. The van der Waals surface area contributed by atoms with Gasteiger partial charge in [-0.05, 0) is 61.0 Å². The van der Waals surface area contributed by atoms with Crippen molar-refractivity contribution < 1.29 is 25.8 Å². The first-order valence-corrected chi connectivity index (χ1v) is 12.5. The third-order valence-corrected chi connectivity index (χ3v) is 6.75. The van der Waals surface area contributed by atoms with E-state index >= 15 is 0 Å². The number of carbonyl (C=O) groups is 1. The summed E-state index contributed by atoms with van der Waals surface area (Å²) in [5.74, 6) is -0.257. The average Bonchev–Trinajstić information content (AvgIpc) is 2.74. The van der Waals surface area contributed by atoms with Crippen LogP contribution in [0.1, 0.15) is 18.1 Å². The molecule has 3 rings (SSSR count). The van der Waals surface area contributed by atoms with Gasteiger partial charge in [0.25, 0.3) is 10.0 Å². The van der Waals surface area contributed by atoms with E-state index in [1.54, 1.807) is 24.3 Å². The summed E-state index contributed by atoms with van der Waals surface area (Å²) in [5, 5.41) is 6.28. The third kappa shape index (κ3) is 6.64. The first-order chi connectivity index (χ1) is 15.5. The van der Waals surface area contributed by atoms with Gasteiger partial charge in [0.05, 0.1) is 11.1 Å². The molecule has 0 radical (unpaired) electrons. The molecule has 9 nitrogen and oxygen atoms in total. The molecule has 0 heterocycles. The number of sulfonamides is 1. The molecule has 3 aromatic rings. The number of rotatable bonds is 8. The highest BCUT2D eigenvalue weighted by Gasteiger charge is 2.17. The lowest BCUT2D eigenvalue weighted by atomic mass is 10.2. The minimum absolute atomic E-state index is 0.0197. The van der Waals surface area contributed by atoms with Crippen LogP contribution in [0.3, 0.4) is 0 Å². The molecule has 0 aliphatic rings. The van der Waals surface area contributed by atoms with Crippen molar-refractivity contribution in [2.75, 3.05) is 5.32 Å². The van der Waals surface area contributed by atoms with Crippen molar-refractivity contribution in [1.29, 1.82) is 0 Å². The van der Waals surface area contributed by atoms with Crippen LogP contribution in [0.5, 0.6) is 5.75 Å². The van der Waals surface area contributed by atoms with E-state index < -0.39 is 20.1 Å². The van der Waals surface area contributed by atoms with Crippen LogP contribution in [0.4, 0.5) is 5.69 Å². The molecule has 0 spiro atoms. The van der Waals surface area contributed by atoms with Gasteiger partial charge >= 0.3 is 10.1 Å². The zero-order chi connectivity index (χ0) is 24.1. The summed E-state index contributed by atoms with van der Waals surface area (Å²) < 4.78 is 54.8. The number of amides is 1. The summed E-state index contributed by atoms with van der Waals surface area (Å²) in [6.45, 7) is 3.19. The second-order valence-corrected chi connectivity index (χ2v) is 10.2. The molecular weight excluding hydrogens is 466 g/mol. The summed E-state index contributed by atoms with van der Waals surface area (Å²) >= 11 is 0. The number of hydrogen-bond donors (Lipinski definition) is 2. The SMILES string of the molecule is CC(=O)Nc1ccc(S(=O)(=O)Oc2cccc(/C=N/NS(=O)(=O)c3ccc(C)cc3)c2)cc1. The number of carbonyl (C=O) groups excluding carboxylic acids is 1. The molecule has 33 heavy (non-hydrogen) atoms. The van der Waals surface area contributed by atoms with Gasteiger partial charge in [-0.2, -0.15) is 21.9 Å². The first-order valence-electron chi connectivity index (χ1n) is 9.59. The predicted molar refractivity (Wildman–Crippen MR) is 124 cm³/mol. The van der Waals surface area contributed by atoms with Crippen molar-refractivity contribution in [1.82, 2.24) is 4.83 Å². The van der Waals surface area contributed by atoms with Gasteiger partial charge in [-0.3, -0.25) is 4.79 Å². The molecular formula is C22H21N3O6S2. The number of benzene rings is 3. The minimum atomic E-state index is -4.13. The van der Waals surface area contributed by atoms with Gasteiger partial charge in [-0.1, -0.05) is 29.8 Å². The topological polar surface area (TPSA) is 131 Å². The monoisotopic (exact) mass is 487 g/mol. The Kier molecular flexibility index (Phi) is 7.14. The van der Waals surface area contributed by atoms with Crippen LogP contribution in [-0.4, -0.2) is 29.0 Å². The maximum atomic E-state index is 12.5. The highest BCUT2D eigenvalue weighted by atomic mass is 32.2. The summed E-state index contributed by atoms with van der Waals surface area (Å²) in [4.78, 5) is 13.2. The zero-order valence-corrected chi connectivity index (χ0v) is 19.4. The van der Waals surface area contributed by atoms with Crippen molar-refractivity contribution in [3.8, 4) is 5.75 Å². The van der Waals surface area contributed by atoms with E-state index in [-0.39, 0.29) is 21.4 Å². The quantitative estimate of drug-likeness (QED) is 0.285. The summed E-state index contributed by atoms with van der Waals surface area (Å²) in [6.07, 6.45) is 1.23. The van der Waals surface area contributed by atoms with Gasteiger partial charge in [0.1, 0.15) is 10.6 Å². The van der Waals surface area contributed by atoms with Gasteiger partial charge in [0.15, 0.2) is 0 Å². The summed E-state index contributed by atoms with van der Waals surface area (Å²) in [7, 11) is -7.96. The molecule has 0 fully saturated rings. The van der Waals surface area contributed by atoms with Crippen LogP contribution in [0.25, 0.3) is 0 Å². The van der Waals surface area contributed by atoms with Crippen molar-refractivity contribution in [2.45, 2.75) is 23.6 Å². The van der Waals surface area contributed by atoms with Gasteiger partial charge in [0, 0.05) is 12.6 Å². The lowest BCUT2D eigenvalue weighted by Crippen LogP contribution is -2.18. The Hall–Kier alpha value is -3.70. The fourth-order valence-corrected chi connectivity index (χ4v) is 4.38. The van der Waals surface area contributed by atoms with Crippen molar-refractivity contribution in [3.63, 3.8) is 0 Å². The Balaban J connectivity index is 1.70. The first kappa shape index (κ1) is 24.0. The minimum Gasteiger partial charge on any atom is -0.379 e. The second kappa shape index (κ2) is 9.84.